The van der Waals surface area contributed by atoms with E-state index in [1.54, 1.807) is 0 Å². The predicted molar refractivity (Wildman–Crippen MR) is 71.0 cm³/mol. The van der Waals surface area contributed by atoms with Crippen LogP contribution in [-0.2, 0) is 4.79 Å². The van der Waals surface area contributed by atoms with Crippen LogP contribution in [0.25, 0.3) is 0 Å². The van der Waals surface area contributed by atoms with E-state index in [4.69, 9.17) is 0 Å². The summed E-state index contributed by atoms with van der Waals surface area (Å²) in [5.74, 6) is -0.00801. The molecule has 0 radical (unpaired) electrons. The van der Waals surface area contributed by atoms with Gasteiger partial charge in [0.2, 0.25) is 0 Å². The van der Waals surface area contributed by atoms with Gasteiger partial charge in [-0.3, -0.25) is 4.79 Å². The van der Waals surface area contributed by atoms with Gasteiger partial charge in [-0.1, -0.05) is 40.0 Å². The fourth-order valence-electron chi connectivity index (χ4n) is 2.90. The highest BCUT2D eigenvalue weighted by Gasteiger charge is 2.23. The van der Waals surface area contributed by atoms with Gasteiger partial charge in [-0.25, -0.2) is 0 Å². The van der Waals surface area contributed by atoms with Gasteiger partial charge in [0.25, 0.3) is 0 Å². The van der Waals surface area contributed by atoms with Crippen LogP contribution in [0.3, 0.4) is 0 Å². The van der Waals surface area contributed by atoms with Crippen molar-refractivity contribution in [2.45, 2.75) is 72.1 Å². The number of carboxylic acid groups (broad SMARTS) is 1. The molecule has 0 aromatic heterocycles. The van der Waals surface area contributed by atoms with Crippen LogP contribution < -0.4 is 0 Å². The highest BCUT2D eigenvalue weighted by Crippen LogP contribution is 2.33. The lowest BCUT2D eigenvalue weighted by atomic mass is 9.81. The lowest BCUT2D eigenvalue weighted by molar-refractivity contribution is -0.142. The number of hydrogen-bond acceptors (Lipinski definition) is 1. The van der Waals surface area contributed by atoms with Crippen LogP contribution >= 0.6 is 0 Å². The highest BCUT2D eigenvalue weighted by molar-refractivity contribution is 5.69. The van der Waals surface area contributed by atoms with Crippen molar-refractivity contribution in [3.8, 4) is 0 Å². The van der Waals surface area contributed by atoms with Crippen molar-refractivity contribution in [2.75, 3.05) is 0 Å². The molecule has 17 heavy (non-hydrogen) atoms. The third kappa shape index (κ3) is 5.56. The molecule has 1 fully saturated rings. The monoisotopic (exact) mass is 240 g/mol. The zero-order valence-corrected chi connectivity index (χ0v) is 11.7. The summed E-state index contributed by atoms with van der Waals surface area (Å²) in [5, 5.41) is 9.20. The van der Waals surface area contributed by atoms with E-state index in [0.29, 0.717) is 11.3 Å². The topological polar surface area (TPSA) is 37.3 Å². The van der Waals surface area contributed by atoms with E-state index in [9.17, 15) is 9.90 Å². The lowest BCUT2D eigenvalue weighted by Crippen LogP contribution is -2.16. The molecule has 0 bridgehead atoms. The van der Waals surface area contributed by atoms with E-state index >= 15 is 0 Å². The molecule has 0 heterocycles. The van der Waals surface area contributed by atoms with E-state index in [2.05, 4.69) is 20.8 Å². The normalized spacial score (nSPS) is 31.5. The molecule has 1 rings (SSSR count). The molecule has 1 aliphatic carbocycles. The van der Waals surface area contributed by atoms with E-state index in [1.165, 1.54) is 25.7 Å². The average Bonchev–Trinajstić information content (AvgIpc) is 2.23. The van der Waals surface area contributed by atoms with Gasteiger partial charge < -0.3 is 5.11 Å². The van der Waals surface area contributed by atoms with Crippen LogP contribution in [-0.4, -0.2) is 11.1 Å². The maximum Gasteiger partial charge on any atom is 0.306 e. The Morgan fingerprint density at radius 3 is 2.24 bits per heavy atom. The molecule has 0 amide bonds. The molecule has 1 aliphatic rings. The molecule has 0 saturated heterocycles. The van der Waals surface area contributed by atoms with Crippen molar-refractivity contribution >= 4 is 5.97 Å². The van der Waals surface area contributed by atoms with E-state index < -0.39 is 5.97 Å². The highest BCUT2D eigenvalue weighted by atomic mass is 16.4. The summed E-state index contributed by atoms with van der Waals surface area (Å²) in [6.45, 7) is 6.92. The summed E-state index contributed by atoms with van der Waals surface area (Å²) in [4.78, 5) is 11.2. The second kappa shape index (κ2) is 6.42. The molecule has 1 saturated carbocycles. The van der Waals surface area contributed by atoms with Gasteiger partial charge in [-0.15, -0.1) is 0 Å². The van der Waals surface area contributed by atoms with Gasteiger partial charge in [-0.2, -0.15) is 0 Å². The third-order valence-corrected chi connectivity index (χ3v) is 4.31. The maximum atomic E-state index is 11.2. The number of aliphatic carboxylic acids is 1. The van der Waals surface area contributed by atoms with Crippen LogP contribution in [0, 0.1) is 17.3 Å². The number of hydrogen-bond donors (Lipinski definition) is 1. The summed E-state index contributed by atoms with van der Waals surface area (Å²) in [5.41, 5.74) is 0.396. The fraction of sp³-hybridized carbons (Fsp3) is 0.933. The van der Waals surface area contributed by atoms with Crippen LogP contribution in [0.5, 0.6) is 0 Å². The summed E-state index contributed by atoms with van der Waals surface area (Å²) >= 11 is 0. The maximum absolute atomic E-state index is 11.2. The van der Waals surface area contributed by atoms with Crippen LogP contribution in [0.1, 0.15) is 72.1 Å². The Hall–Kier alpha value is -0.530. The minimum atomic E-state index is -0.589. The summed E-state index contributed by atoms with van der Waals surface area (Å²) in [6, 6.07) is 0. The first kappa shape index (κ1) is 14.5. The number of carboxylic acids is 1. The van der Waals surface area contributed by atoms with Gasteiger partial charge in [0, 0.05) is 0 Å². The average molecular weight is 240 g/mol. The van der Waals surface area contributed by atoms with E-state index in [0.717, 1.165) is 25.7 Å². The summed E-state index contributed by atoms with van der Waals surface area (Å²) in [7, 11) is 0. The Morgan fingerprint density at radius 1 is 1.06 bits per heavy atom. The zero-order valence-electron chi connectivity index (χ0n) is 11.7. The van der Waals surface area contributed by atoms with Crippen LogP contribution in [0.2, 0.25) is 0 Å². The first-order valence-electron chi connectivity index (χ1n) is 7.13. The smallest absolute Gasteiger partial charge is 0.306 e. The standard InChI is InChI=1S/C15H28O2/c1-12-6-4-10-15(2,3)11-5-7-13(9-8-12)14(16)17/h12-13H,4-11H2,1-3H3,(H,16,17). The molecule has 2 atom stereocenters. The van der Waals surface area contributed by atoms with Crippen molar-refractivity contribution in [1.82, 2.24) is 0 Å². The van der Waals surface area contributed by atoms with Crippen molar-refractivity contribution in [3.05, 3.63) is 0 Å². The Kier molecular flexibility index (Phi) is 5.48. The lowest BCUT2D eigenvalue weighted by Gasteiger charge is -2.24. The second-order valence-corrected chi connectivity index (χ2v) is 6.67. The molecule has 2 unspecified atom stereocenters. The first-order chi connectivity index (χ1) is 7.91. The molecule has 1 N–H and O–H groups in total. The first-order valence-corrected chi connectivity index (χ1v) is 7.13. The molecule has 0 spiro atoms. The molecule has 100 valence electrons. The minimum absolute atomic E-state index is 0.105. The molecular weight excluding hydrogens is 212 g/mol. The molecule has 2 nitrogen and oxygen atoms in total. The summed E-state index contributed by atoms with van der Waals surface area (Å²) < 4.78 is 0. The largest absolute Gasteiger partial charge is 0.481 e. The van der Waals surface area contributed by atoms with Gasteiger partial charge in [0.05, 0.1) is 5.92 Å². The number of rotatable bonds is 1. The van der Waals surface area contributed by atoms with Crippen molar-refractivity contribution in [2.24, 2.45) is 17.3 Å². The molecule has 0 aromatic carbocycles. The van der Waals surface area contributed by atoms with Crippen LogP contribution in [0.15, 0.2) is 0 Å². The van der Waals surface area contributed by atoms with Gasteiger partial charge in [0.15, 0.2) is 0 Å². The quantitative estimate of drug-likeness (QED) is 0.733. The second-order valence-electron chi connectivity index (χ2n) is 6.67. The molecule has 0 aliphatic heterocycles. The summed E-state index contributed by atoms with van der Waals surface area (Å²) in [6.07, 6.45) is 8.90. The third-order valence-electron chi connectivity index (χ3n) is 4.31. The molecule has 0 aromatic rings. The van der Waals surface area contributed by atoms with Crippen molar-refractivity contribution < 1.29 is 9.90 Å². The molecular formula is C15H28O2. The van der Waals surface area contributed by atoms with Crippen LogP contribution in [0.4, 0.5) is 0 Å². The fourth-order valence-corrected chi connectivity index (χ4v) is 2.90. The SMILES string of the molecule is CC1CCCC(C)(C)CCCC(C(=O)O)CC1. The minimum Gasteiger partial charge on any atom is -0.481 e. The van der Waals surface area contributed by atoms with E-state index in [1.807, 2.05) is 0 Å². The molecule has 2 heteroatoms. The van der Waals surface area contributed by atoms with Gasteiger partial charge in [-0.05, 0) is 43.4 Å². The van der Waals surface area contributed by atoms with E-state index in [-0.39, 0.29) is 5.92 Å². The van der Waals surface area contributed by atoms with Gasteiger partial charge in [0.1, 0.15) is 0 Å². The number of carbonyl (C=O) groups is 1. The Morgan fingerprint density at radius 2 is 1.65 bits per heavy atom. The van der Waals surface area contributed by atoms with Gasteiger partial charge >= 0.3 is 5.97 Å². The Bertz CT molecular complexity index is 245. The van der Waals surface area contributed by atoms with Crippen molar-refractivity contribution in [1.29, 1.82) is 0 Å². The zero-order chi connectivity index (χ0) is 12.9. The Balaban J connectivity index is 2.58. The Labute approximate surface area is 106 Å². The van der Waals surface area contributed by atoms with Crippen molar-refractivity contribution in [3.63, 3.8) is 0 Å². The predicted octanol–water partition coefficient (Wildman–Crippen LogP) is 4.48.